The van der Waals surface area contributed by atoms with E-state index < -0.39 is 0 Å². The molecule has 1 aromatic rings. The summed E-state index contributed by atoms with van der Waals surface area (Å²) in [6.07, 6.45) is 6.80. The zero-order valence-electron chi connectivity index (χ0n) is 11.8. The second kappa shape index (κ2) is 7.14. The van der Waals surface area contributed by atoms with Crippen LogP contribution in [0.4, 0.5) is 0 Å². The maximum Gasteiger partial charge on any atom is 0.270 e. The first-order valence-electron chi connectivity index (χ1n) is 7.48. The van der Waals surface area contributed by atoms with Crippen LogP contribution in [0.15, 0.2) is 18.3 Å². The van der Waals surface area contributed by atoms with Gasteiger partial charge in [0.2, 0.25) is 0 Å². The first-order valence-corrected chi connectivity index (χ1v) is 7.48. The number of likely N-dealkylation sites (tertiary alicyclic amines) is 1. The average molecular weight is 298 g/mol. The van der Waals surface area contributed by atoms with Crippen molar-refractivity contribution < 1.29 is 4.79 Å². The molecule has 20 heavy (non-hydrogen) atoms. The third kappa shape index (κ3) is 3.36. The first-order chi connectivity index (χ1) is 9.34. The van der Waals surface area contributed by atoms with Crippen LogP contribution < -0.4 is 5.32 Å². The third-order valence-electron chi connectivity index (χ3n) is 4.71. The molecule has 5 heteroatoms. The van der Waals surface area contributed by atoms with Crippen LogP contribution in [-0.4, -0.2) is 42.0 Å². The van der Waals surface area contributed by atoms with E-state index in [0.29, 0.717) is 0 Å². The summed E-state index contributed by atoms with van der Waals surface area (Å²) in [6.45, 7) is 4.19. The molecule has 3 rings (SSSR count). The zero-order chi connectivity index (χ0) is 13.1. The van der Waals surface area contributed by atoms with Crippen LogP contribution in [0.1, 0.15) is 36.2 Å². The molecule has 112 valence electrons. The van der Waals surface area contributed by atoms with Gasteiger partial charge in [-0.15, -0.1) is 12.4 Å². The van der Waals surface area contributed by atoms with Crippen LogP contribution in [0.25, 0.3) is 0 Å². The highest BCUT2D eigenvalue weighted by atomic mass is 35.5. The van der Waals surface area contributed by atoms with Gasteiger partial charge in [-0.25, -0.2) is 0 Å². The van der Waals surface area contributed by atoms with Crippen molar-refractivity contribution in [3.8, 4) is 0 Å². The molecular formula is C15H24ClN3O. The molecule has 2 saturated heterocycles. The largest absolute Gasteiger partial charge is 0.357 e. The Balaban J connectivity index is 0.00000147. The van der Waals surface area contributed by atoms with E-state index in [9.17, 15) is 4.79 Å². The minimum absolute atomic E-state index is 0. The normalized spacial score (nSPS) is 21.5. The first kappa shape index (κ1) is 15.4. The summed E-state index contributed by atoms with van der Waals surface area (Å²) >= 11 is 0. The summed E-state index contributed by atoms with van der Waals surface area (Å²) in [4.78, 5) is 17.2. The van der Waals surface area contributed by atoms with E-state index in [1.54, 1.807) is 0 Å². The molecule has 0 aromatic carbocycles. The van der Waals surface area contributed by atoms with E-state index >= 15 is 0 Å². The Hall–Kier alpha value is -1.00. The predicted molar refractivity (Wildman–Crippen MR) is 82.3 cm³/mol. The van der Waals surface area contributed by atoms with Crippen molar-refractivity contribution in [2.45, 2.75) is 25.7 Å². The second-order valence-corrected chi connectivity index (χ2v) is 5.80. The molecule has 0 aliphatic carbocycles. The van der Waals surface area contributed by atoms with Crippen molar-refractivity contribution in [1.29, 1.82) is 0 Å². The van der Waals surface area contributed by atoms with Crippen LogP contribution in [-0.2, 0) is 0 Å². The summed E-state index contributed by atoms with van der Waals surface area (Å²) in [5, 5.41) is 3.43. The Bertz CT molecular complexity index is 407. The average Bonchev–Trinajstić information content (AvgIpc) is 3.02. The van der Waals surface area contributed by atoms with Gasteiger partial charge in [0, 0.05) is 19.3 Å². The fourth-order valence-corrected chi connectivity index (χ4v) is 3.52. The second-order valence-electron chi connectivity index (χ2n) is 5.80. The number of aromatic nitrogens is 1. The summed E-state index contributed by atoms with van der Waals surface area (Å²) in [7, 11) is 0. The number of aromatic amines is 1. The van der Waals surface area contributed by atoms with Crippen molar-refractivity contribution in [2.75, 3.05) is 26.2 Å². The molecule has 0 spiro atoms. The SMILES string of the molecule is Cl.O=C(c1ccc[nH]1)N1CCC(C2CCNCC2)CC1. The highest BCUT2D eigenvalue weighted by Gasteiger charge is 2.29. The number of nitrogens with zero attached hydrogens (tertiary/aromatic N) is 1. The summed E-state index contributed by atoms with van der Waals surface area (Å²) in [5.41, 5.74) is 0.723. The van der Waals surface area contributed by atoms with Crippen LogP contribution >= 0.6 is 12.4 Å². The van der Waals surface area contributed by atoms with Gasteiger partial charge in [-0.05, 0) is 62.7 Å². The number of halogens is 1. The van der Waals surface area contributed by atoms with Crippen molar-refractivity contribution >= 4 is 18.3 Å². The van der Waals surface area contributed by atoms with Crippen LogP contribution in [0, 0.1) is 11.8 Å². The van der Waals surface area contributed by atoms with Crippen molar-refractivity contribution in [3.63, 3.8) is 0 Å². The van der Waals surface area contributed by atoms with Gasteiger partial charge in [0.25, 0.3) is 5.91 Å². The van der Waals surface area contributed by atoms with Gasteiger partial charge in [-0.2, -0.15) is 0 Å². The number of hydrogen-bond donors (Lipinski definition) is 2. The summed E-state index contributed by atoms with van der Waals surface area (Å²) in [5.74, 6) is 1.87. The molecule has 1 amide bonds. The summed E-state index contributed by atoms with van der Waals surface area (Å²) in [6, 6.07) is 3.75. The maximum absolute atomic E-state index is 12.2. The van der Waals surface area contributed by atoms with Crippen molar-refractivity contribution in [1.82, 2.24) is 15.2 Å². The standard InChI is InChI=1S/C15H23N3O.ClH/c19-15(14-2-1-7-17-14)18-10-5-13(6-11-18)12-3-8-16-9-4-12;/h1-2,7,12-13,16-17H,3-6,8-11H2;1H. The van der Waals surface area contributed by atoms with Crippen molar-refractivity contribution in [3.05, 3.63) is 24.0 Å². The fourth-order valence-electron chi connectivity index (χ4n) is 3.52. The number of carbonyl (C=O) groups is 1. The fraction of sp³-hybridized carbons (Fsp3) is 0.667. The van der Waals surface area contributed by atoms with E-state index in [0.717, 1.165) is 30.6 Å². The minimum atomic E-state index is 0. The lowest BCUT2D eigenvalue weighted by Crippen LogP contribution is -2.42. The van der Waals surface area contributed by atoms with E-state index in [-0.39, 0.29) is 18.3 Å². The van der Waals surface area contributed by atoms with Gasteiger partial charge in [-0.3, -0.25) is 4.79 Å². The Kier molecular flexibility index (Phi) is 5.49. The lowest BCUT2D eigenvalue weighted by Gasteiger charge is -2.37. The molecule has 0 atom stereocenters. The highest BCUT2D eigenvalue weighted by Crippen LogP contribution is 2.31. The quantitative estimate of drug-likeness (QED) is 0.880. The molecule has 0 radical (unpaired) electrons. The molecule has 0 bridgehead atoms. The van der Waals surface area contributed by atoms with Gasteiger partial charge in [0.05, 0.1) is 0 Å². The number of carbonyl (C=O) groups excluding carboxylic acids is 1. The van der Waals surface area contributed by atoms with Crippen LogP contribution in [0.5, 0.6) is 0 Å². The van der Waals surface area contributed by atoms with Gasteiger partial charge in [-0.1, -0.05) is 0 Å². The molecular weight excluding hydrogens is 274 g/mol. The zero-order valence-corrected chi connectivity index (χ0v) is 12.6. The minimum Gasteiger partial charge on any atom is -0.357 e. The lowest BCUT2D eigenvalue weighted by molar-refractivity contribution is 0.0637. The number of amides is 1. The molecule has 3 heterocycles. The Morgan fingerprint density at radius 3 is 2.35 bits per heavy atom. The van der Waals surface area contributed by atoms with Crippen LogP contribution in [0.2, 0.25) is 0 Å². The number of hydrogen-bond acceptors (Lipinski definition) is 2. The molecule has 2 aliphatic heterocycles. The van der Waals surface area contributed by atoms with E-state index in [1.165, 1.54) is 38.8 Å². The number of rotatable bonds is 2. The monoisotopic (exact) mass is 297 g/mol. The molecule has 2 fully saturated rings. The smallest absolute Gasteiger partial charge is 0.270 e. The molecule has 2 aliphatic rings. The molecule has 0 saturated carbocycles. The lowest BCUT2D eigenvalue weighted by atomic mass is 9.79. The number of H-pyrrole nitrogens is 1. The number of nitrogens with one attached hydrogen (secondary N) is 2. The third-order valence-corrected chi connectivity index (χ3v) is 4.71. The van der Waals surface area contributed by atoms with Gasteiger partial charge in [0.1, 0.15) is 5.69 Å². The maximum atomic E-state index is 12.2. The number of piperidine rings is 2. The van der Waals surface area contributed by atoms with Gasteiger partial charge < -0.3 is 15.2 Å². The molecule has 1 aromatic heterocycles. The highest BCUT2D eigenvalue weighted by molar-refractivity contribution is 5.92. The predicted octanol–water partition coefficient (Wildman–Crippen LogP) is 2.29. The topological polar surface area (TPSA) is 48.1 Å². The Morgan fingerprint density at radius 1 is 1.10 bits per heavy atom. The molecule has 0 unspecified atom stereocenters. The van der Waals surface area contributed by atoms with Crippen LogP contribution in [0.3, 0.4) is 0 Å². The molecule has 2 N–H and O–H groups in total. The van der Waals surface area contributed by atoms with E-state index in [4.69, 9.17) is 0 Å². The van der Waals surface area contributed by atoms with Gasteiger partial charge >= 0.3 is 0 Å². The summed E-state index contributed by atoms with van der Waals surface area (Å²) < 4.78 is 0. The van der Waals surface area contributed by atoms with Gasteiger partial charge in [0.15, 0.2) is 0 Å². The molecule has 4 nitrogen and oxygen atoms in total. The Labute approximate surface area is 126 Å². The van der Waals surface area contributed by atoms with Crippen molar-refractivity contribution in [2.24, 2.45) is 11.8 Å². The van der Waals surface area contributed by atoms with E-state index in [1.807, 2.05) is 23.2 Å². The van der Waals surface area contributed by atoms with E-state index in [2.05, 4.69) is 10.3 Å². The Morgan fingerprint density at radius 2 is 1.75 bits per heavy atom.